The van der Waals surface area contributed by atoms with Crippen LogP contribution in [0.5, 0.6) is 0 Å². The average Bonchev–Trinajstić information content (AvgIpc) is 3.05. The Balaban J connectivity index is 1.84. The number of halogens is 1. The second-order valence-corrected chi connectivity index (χ2v) is 7.18. The zero-order valence-corrected chi connectivity index (χ0v) is 15.8. The number of hydrogen-bond acceptors (Lipinski definition) is 4. The van der Waals surface area contributed by atoms with Crippen LogP contribution in [0.1, 0.15) is 15.9 Å². The number of carboxylic acid groups (broad SMARTS) is 1. The lowest BCUT2D eigenvalue weighted by Crippen LogP contribution is -2.24. The highest BCUT2D eigenvalue weighted by Gasteiger charge is 2.15. The lowest BCUT2D eigenvalue weighted by atomic mass is 10.0. The number of thiophene rings is 1. The standard InChI is InChI=1S/C20H14BrNO3S/c21-15-9-7-14(8-10-15)16-12-26-19(18(16)20(24)25)22-17(23)11-6-13-4-2-1-3-5-13/h1-12H,(H,22,23)(H,24,25)/p-1/b11-6+. The van der Waals surface area contributed by atoms with Crippen molar-refractivity contribution < 1.29 is 14.7 Å². The molecule has 0 spiro atoms. The molecule has 1 heterocycles. The molecular formula is C20H13BrNO3S-. The van der Waals surface area contributed by atoms with Crippen molar-refractivity contribution in [2.45, 2.75) is 0 Å². The van der Waals surface area contributed by atoms with Crippen molar-refractivity contribution in [1.82, 2.24) is 0 Å². The third-order valence-electron chi connectivity index (χ3n) is 3.61. The van der Waals surface area contributed by atoms with Gasteiger partial charge in [0.05, 0.1) is 5.97 Å². The first-order valence-electron chi connectivity index (χ1n) is 7.67. The van der Waals surface area contributed by atoms with Crippen molar-refractivity contribution in [2.24, 2.45) is 0 Å². The van der Waals surface area contributed by atoms with Gasteiger partial charge in [-0.2, -0.15) is 0 Å². The maximum absolute atomic E-state index is 12.1. The summed E-state index contributed by atoms with van der Waals surface area (Å²) in [6.45, 7) is 0. The summed E-state index contributed by atoms with van der Waals surface area (Å²) in [7, 11) is 0. The summed E-state index contributed by atoms with van der Waals surface area (Å²) in [5.41, 5.74) is 2.12. The van der Waals surface area contributed by atoms with Crippen LogP contribution in [-0.2, 0) is 4.79 Å². The molecule has 6 heteroatoms. The Morgan fingerprint density at radius 3 is 2.38 bits per heavy atom. The van der Waals surface area contributed by atoms with Gasteiger partial charge >= 0.3 is 0 Å². The zero-order valence-electron chi connectivity index (χ0n) is 13.4. The molecule has 0 bridgehead atoms. The molecule has 3 aromatic rings. The smallest absolute Gasteiger partial charge is 0.249 e. The van der Waals surface area contributed by atoms with E-state index in [9.17, 15) is 14.7 Å². The van der Waals surface area contributed by atoms with Gasteiger partial charge in [0.15, 0.2) is 0 Å². The fourth-order valence-electron chi connectivity index (χ4n) is 2.38. The molecular weight excluding hydrogens is 414 g/mol. The number of anilines is 1. The second-order valence-electron chi connectivity index (χ2n) is 5.38. The third-order valence-corrected chi connectivity index (χ3v) is 5.04. The Bertz CT molecular complexity index is 962. The summed E-state index contributed by atoms with van der Waals surface area (Å²) < 4.78 is 0.894. The summed E-state index contributed by atoms with van der Waals surface area (Å²) in [5.74, 6) is -1.73. The molecule has 0 saturated heterocycles. The normalized spacial score (nSPS) is 10.8. The monoisotopic (exact) mass is 426 g/mol. The van der Waals surface area contributed by atoms with Crippen LogP contribution in [0.4, 0.5) is 5.00 Å². The number of carbonyl (C=O) groups excluding carboxylic acids is 2. The van der Waals surface area contributed by atoms with Gasteiger partial charge < -0.3 is 15.2 Å². The molecule has 0 aliphatic heterocycles. The SMILES string of the molecule is O=C(/C=C/c1ccccc1)Nc1scc(-c2ccc(Br)cc2)c1C(=O)[O-]. The van der Waals surface area contributed by atoms with Crippen molar-refractivity contribution in [3.05, 3.63) is 81.7 Å². The van der Waals surface area contributed by atoms with Gasteiger partial charge in [0.25, 0.3) is 0 Å². The molecule has 2 aromatic carbocycles. The molecule has 0 fully saturated rings. The van der Waals surface area contributed by atoms with Gasteiger partial charge in [-0.3, -0.25) is 4.79 Å². The van der Waals surface area contributed by atoms with E-state index >= 15 is 0 Å². The fourth-order valence-corrected chi connectivity index (χ4v) is 3.61. The lowest BCUT2D eigenvalue weighted by molar-refractivity contribution is -0.254. The fraction of sp³-hybridized carbons (Fsp3) is 0. The summed E-state index contributed by atoms with van der Waals surface area (Å²) in [6.07, 6.45) is 3.03. The first kappa shape index (κ1) is 18.1. The van der Waals surface area contributed by atoms with E-state index in [4.69, 9.17) is 0 Å². The van der Waals surface area contributed by atoms with Crippen molar-refractivity contribution in [2.75, 3.05) is 5.32 Å². The Labute approximate surface area is 162 Å². The molecule has 1 amide bonds. The van der Waals surface area contributed by atoms with E-state index in [-0.39, 0.29) is 10.6 Å². The molecule has 0 aliphatic rings. The first-order chi connectivity index (χ1) is 12.5. The maximum Gasteiger partial charge on any atom is 0.249 e. The van der Waals surface area contributed by atoms with Crippen LogP contribution >= 0.6 is 27.3 Å². The van der Waals surface area contributed by atoms with Crippen LogP contribution in [0.25, 0.3) is 17.2 Å². The minimum atomic E-state index is -1.33. The summed E-state index contributed by atoms with van der Waals surface area (Å²) >= 11 is 4.50. The van der Waals surface area contributed by atoms with E-state index < -0.39 is 11.9 Å². The van der Waals surface area contributed by atoms with Crippen LogP contribution in [0.2, 0.25) is 0 Å². The van der Waals surface area contributed by atoms with E-state index in [1.165, 1.54) is 6.08 Å². The van der Waals surface area contributed by atoms with Gasteiger partial charge in [-0.1, -0.05) is 58.4 Å². The molecule has 3 rings (SSSR count). The molecule has 1 aromatic heterocycles. The lowest BCUT2D eigenvalue weighted by Gasteiger charge is -2.09. The van der Waals surface area contributed by atoms with Gasteiger partial charge in [0.2, 0.25) is 5.91 Å². The minimum absolute atomic E-state index is 0.0150. The molecule has 0 atom stereocenters. The van der Waals surface area contributed by atoms with Crippen molar-refractivity contribution in [3.63, 3.8) is 0 Å². The quantitative estimate of drug-likeness (QED) is 0.621. The number of hydrogen-bond donors (Lipinski definition) is 1. The largest absolute Gasteiger partial charge is 0.545 e. The van der Waals surface area contributed by atoms with Crippen LogP contribution in [-0.4, -0.2) is 11.9 Å². The number of amides is 1. The summed E-state index contributed by atoms with van der Waals surface area (Å²) in [5, 5.41) is 16.2. The Morgan fingerprint density at radius 1 is 1.04 bits per heavy atom. The van der Waals surface area contributed by atoms with E-state index in [1.54, 1.807) is 23.6 Å². The molecule has 1 N–H and O–H groups in total. The Kier molecular flexibility index (Phi) is 5.65. The molecule has 0 radical (unpaired) electrons. The van der Waals surface area contributed by atoms with Gasteiger partial charge in [-0.25, -0.2) is 0 Å². The van der Waals surface area contributed by atoms with Gasteiger partial charge in [-0.15, -0.1) is 11.3 Å². The van der Waals surface area contributed by atoms with Crippen molar-refractivity contribution in [1.29, 1.82) is 0 Å². The van der Waals surface area contributed by atoms with E-state index in [0.29, 0.717) is 5.56 Å². The number of rotatable bonds is 5. The second kappa shape index (κ2) is 8.12. The van der Waals surface area contributed by atoms with Crippen LogP contribution in [0.3, 0.4) is 0 Å². The maximum atomic E-state index is 12.1. The number of benzene rings is 2. The number of aromatic carboxylic acids is 1. The Hall–Kier alpha value is -2.70. The highest BCUT2D eigenvalue weighted by atomic mass is 79.9. The molecule has 0 aliphatic carbocycles. The zero-order chi connectivity index (χ0) is 18.5. The van der Waals surface area contributed by atoms with E-state index in [1.807, 2.05) is 42.5 Å². The number of carbonyl (C=O) groups is 2. The number of nitrogens with one attached hydrogen (secondary N) is 1. The van der Waals surface area contributed by atoms with Crippen molar-refractivity contribution in [3.8, 4) is 11.1 Å². The topological polar surface area (TPSA) is 69.2 Å². The highest BCUT2D eigenvalue weighted by Crippen LogP contribution is 2.35. The van der Waals surface area contributed by atoms with E-state index in [0.717, 1.165) is 26.9 Å². The van der Waals surface area contributed by atoms with Gasteiger partial charge in [0.1, 0.15) is 5.00 Å². The highest BCUT2D eigenvalue weighted by molar-refractivity contribution is 9.10. The van der Waals surface area contributed by atoms with Gasteiger partial charge in [-0.05, 0) is 29.3 Å². The predicted molar refractivity (Wildman–Crippen MR) is 106 cm³/mol. The average molecular weight is 427 g/mol. The molecule has 4 nitrogen and oxygen atoms in total. The minimum Gasteiger partial charge on any atom is -0.545 e. The summed E-state index contributed by atoms with van der Waals surface area (Å²) in [6, 6.07) is 16.6. The summed E-state index contributed by atoms with van der Waals surface area (Å²) in [4.78, 5) is 23.8. The molecule has 26 heavy (non-hydrogen) atoms. The third kappa shape index (κ3) is 4.28. The molecule has 0 unspecified atom stereocenters. The first-order valence-corrected chi connectivity index (χ1v) is 9.35. The van der Waals surface area contributed by atoms with E-state index in [2.05, 4.69) is 21.2 Å². The molecule has 0 saturated carbocycles. The van der Waals surface area contributed by atoms with Gasteiger partial charge in [0, 0.05) is 27.1 Å². The number of carboxylic acids is 1. The van der Waals surface area contributed by atoms with Crippen LogP contribution in [0, 0.1) is 0 Å². The predicted octanol–water partition coefficient (Wildman–Crippen LogP) is 4.19. The van der Waals surface area contributed by atoms with Crippen LogP contribution in [0.15, 0.2) is 70.5 Å². The van der Waals surface area contributed by atoms with Crippen molar-refractivity contribution >= 4 is 50.2 Å². The van der Waals surface area contributed by atoms with Crippen LogP contribution < -0.4 is 10.4 Å². The Morgan fingerprint density at radius 2 is 1.73 bits per heavy atom. The molecule has 130 valence electrons.